The topological polar surface area (TPSA) is 112 Å². The van der Waals surface area contributed by atoms with Crippen LogP contribution in [0.25, 0.3) is 0 Å². The molecule has 0 aliphatic carbocycles. The smallest absolute Gasteiger partial charge is 0.372 e. The van der Waals surface area contributed by atoms with E-state index in [0.717, 1.165) is 0 Å². The van der Waals surface area contributed by atoms with Gasteiger partial charge in [0.1, 0.15) is 0 Å². The first-order chi connectivity index (χ1) is 7.78. The molecule has 0 fully saturated rings. The van der Waals surface area contributed by atoms with Gasteiger partial charge in [0.15, 0.2) is 0 Å². The van der Waals surface area contributed by atoms with Gasteiger partial charge in [-0.15, -0.1) is 0 Å². The molecule has 1 aromatic carbocycles. The molecule has 0 spiro atoms. The molecule has 1 rings (SSSR count). The van der Waals surface area contributed by atoms with Gasteiger partial charge in [0, 0.05) is 6.42 Å². The minimum absolute atomic E-state index is 0.231. The molecule has 0 bridgehead atoms. The number of ketones is 1. The van der Waals surface area contributed by atoms with Crippen molar-refractivity contribution >= 4 is 19.3 Å². The van der Waals surface area contributed by atoms with Gasteiger partial charge in [0.25, 0.3) is 0 Å². The van der Waals surface area contributed by atoms with Crippen LogP contribution in [-0.2, 0) is 26.7 Å². The number of carboxylic acid groups (broad SMARTS) is 1. The van der Waals surface area contributed by atoms with E-state index in [2.05, 4.69) is 0 Å². The zero-order chi connectivity index (χ0) is 13.1. The van der Waals surface area contributed by atoms with Gasteiger partial charge in [-0.05, 0) is 11.1 Å². The van der Waals surface area contributed by atoms with Crippen molar-refractivity contribution in [2.75, 3.05) is 0 Å². The minimum Gasteiger partial charge on any atom is -0.475 e. The standard InChI is InChI=1S/C10H11O6P/c11-9(10(12)13)5-7-1-3-8(4-2-7)6-17(14,15)16/h1-4H,5-6H2,(H,12,13)(H2,14,15,16). The molecule has 0 atom stereocenters. The van der Waals surface area contributed by atoms with E-state index in [9.17, 15) is 14.2 Å². The first-order valence-corrected chi connectivity index (χ1v) is 6.46. The Kier molecular flexibility index (Phi) is 4.17. The van der Waals surface area contributed by atoms with Crippen molar-refractivity contribution in [3.05, 3.63) is 35.4 Å². The average molecular weight is 258 g/mol. The summed E-state index contributed by atoms with van der Waals surface area (Å²) in [6, 6.07) is 5.88. The molecule has 7 heteroatoms. The molecule has 0 radical (unpaired) electrons. The lowest BCUT2D eigenvalue weighted by atomic mass is 10.1. The highest BCUT2D eigenvalue weighted by molar-refractivity contribution is 7.50. The largest absolute Gasteiger partial charge is 0.475 e. The summed E-state index contributed by atoms with van der Waals surface area (Å²) in [5.74, 6) is -2.42. The Labute approximate surface area is 97.1 Å². The van der Waals surface area contributed by atoms with Crippen molar-refractivity contribution in [2.45, 2.75) is 12.6 Å². The van der Waals surface area contributed by atoms with Crippen molar-refractivity contribution in [2.24, 2.45) is 0 Å². The van der Waals surface area contributed by atoms with E-state index >= 15 is 0 Å². The molecule has 1 aromatic rings. The van der Waals surface area contributed by atoms with Crippen LogP contribution in [0.1, 0.15) is 11.1 Å². The van der Waals surface area contributed by atoms with Crippen LogP contribution in [0.2, 0.25) is 0 Å². The van der Waals surface area contributed by atoms with Gasteiger partial charge in [0.2, 0.25) is 5.78 Å². The summed E-state index contributed by atoms with van der Waals surface area (Å²) in [4.78, 5) is 38.7. The van der Waals surface area contributed by atoms with Crippen molar-refractivity contribution in [1.82, 2.24) is 0 Å². The van der Waals surface area contributed by atoms with Gasteiger partial charge in [0.05, 0.1) is 6.16 Å². The van der Waals surface area contributed by atoms with Crippen LogP contribution < -0.4 is 0 Å². The summed E-state index contributed by atoms with van der Waals surface area (Å²) >= 11 is 0. The number of hydrogen-bond donors (Lipinski definition) is 3. The predicted octanol–water partition coefficient (Wildman–Crippen LogP) is 0.560. The number of rotatable bonds is 5. The van der Waals surface area contributed by atoms with Crippen molar-refractivity contribution < 1.29 is 29.0 Å². The molecular weight excluding hydrogens is 247 g/mol. The summed E-state index contributed by atoms with van der Waals surface area (Å²) in [6.45, 7) is 0. The normalized spacial score (nSPS) is 11.2. The Morgan fingerprint density at radius 2 is 1.53 bits per heavy atom. The van der Waals surface area contributed by atoms with Gasteiger partial charge in [-0.2, -0.15) is 0 Å². The number of benzene rings is 1. The molecule has 6 nitrogen and oxygen atoms in total. The fourth-order valence-electron chi connectivity index (χ4n) is 1.26. The van der Waals surface area contributed by atoms with Crippen LogP contribution >= 0.6 is 7.60 Å². The second kappa shape index (κ2) is 5.23. The first-order valence-electron chi connectivity index (χ1n) is 4.66. The summed E-state index contributed by atoms with van der Waals surface area (Å²) in [5.41, 5.74) is 0.928. The second-order valence-corrected chi connectivity index (χ2v) is 5.19. The lowest BCUT2D eigenvalue weighted by Gasteiger charge is -2.04. The van der Waals surface area contributed by atoms with Gasteiger partial charge in [-0.3, -0.25) is 9.36 Å². The fraction of sp³-hybridized carbons (Fsp3) is 0.200. The van der Waals surface area contributed by atoms with E-state index in [1.54, 1.807) is 0 Å². The Balaban J connectivity index is 2.72. The molecule has 17 heavy (non-hydrogen) atoms. The molecule has 0 amide bonds. The predicted molar refractivity (Wildman–Crippen MR) is 58.5 cm³/mol. The van der Waals surface area contributed by atoms with E-state index in [1.807, 2.05) is 0 Å². The quantitative estimate of drug-likeness (QED) is 0.525. The highest BCUT2D eigenvalue weighted by Gasteiger charge is 2.15. The van der Waals surface area contributed by atoms with Gasteiger partial charge in [-0.1, -0.05) is 24.3 Å². The number of hydrogen-bond acceptors (Lipinski definition) is 3. The maximum atomic E-state index is 10.9. The monoisotopic (exact) mass is 258 g/mol. The number of carbonyl (C=O) groups excluding carboxylic acids is 1. The minimum atomic E-state index is -4.11. The van der Waals surface area contributed by atoms with E-state index < -0.39 is 19.3 Å². The van der Waals surface area contributed by atoms with Crippen LogP contribution in [0.5, 0.6) is 0 Å². The maximum Gasteiger partial charge on any atom is 0.372 e. The van der Waals surface area contributed by atoms with E-state index in [1.165, 1.54) is 24.3 Å². The van der Waals surface area contributed by atoms with Crippen molar-refractivity contribution in [3.8, 4) is 0 Å². The Morgan fingerprint density at radius 3 is 1.94 bits per heavy atom. The third-order valence-electron chi connectivity index (χ3n) is 2.01. The Hall–Kier alpha value is -1.49. The second-order valence-electron chi connectivity index (χ2n) is 3.54. The third kappa shape index (κ3) is 4.91. The SMILES string of the molecule is O=C(O)C(=O)Cc1ccc(CP(=O)(O)O)cc1. The van der Waals surface area contributed by atoms with E-state index in [-0.39, 0.29) is 12.6 Å². The van der Waals surface area contributed by atoms with Gasteiger partial charge >= 0.3 is 13.6 Å². The number of carboxylic acids is 1. The van der Waals surface area contributed by atoms with Gasteiger partial charge in [-0.25, -0.2) is 4.79 Å². The molecule has 0 saturated carbocycles. The molecule has 0 unspecified atom stereocenters. The maximum absolute atomic E-state index is 10.9. The van der Waals surface area contributed by atoms with Crippen LogP contribution in [0.3, 0.4) is 0 Å². The highest BCUT2D eigenvalue weighted by Crippen LogP contribution is 2.38. The van der Waals surface area contributed by atoms with E-state index in [4.69, 9.17) is 14.9 Å². The van der Waals surface area contributed by atoms with Crippen molar-refractivity contribution in [1.29, 1.82) is 0 Å². The van der Waals surface area contributed by atoms with Crippen LogP contribution in [-0.4, -0.2) is 26.6 Å². The summed E-state index contributed by atoms with van der Waals surface area (Å²) in [5, 5.41) is 8.40. The molecule has 0 aliphatic heterocycles. The molecule has 0 saturated heterocycles. The number of carbonyl (C=O) groups is 2. The zero-order valence-electron chi connectivity index (χ0n) is 8.74. The molecule has 3 N–H and O–H groups in total. The number of Topliss-reactive ketones (excluding diaryl/α,β-unsaturated/α-hetero) is 1. The summed E-state index contributed by atoms with van der Waals surface area (Å²) in [6.07, 6.45) is -0.605. The van der Waals surface area contributed by atoms with E-state index in [0.29, 0.717) is 11.1 Å². The van der Waals surface area contributed by atoms with Crippen LogP contribution in [0, 0.1) is 0 Å². The van der Waals surface area contributed by atoms with Crippen molar-refractivity contribution in [3.63, 3.8) is 0 Å². The Bertz CT molecular complexity index is 472. The molecule has 0 aliphatic rings. The number of aliphatic carboxylic acids is 1. The molecule has 0 aromatic heterocycles. The first kappa shape index (κ1) is 13.6. The molecule has 0 heterocycles. The average Bonchev–Trinajstić information content (AvgIpc) is 2.18. The van der Waals surface area contributed by atoms with Crippen LogP contribution in [0.4, 0.5) is 0 Å². The highest BCUT2D eigenvalue weighted by atomic mass is 31.2. The Morgan fingerprint density at radius 1 is 1.06 bits per heavy atom. The summed E-state index contributed by atoms with van der Waals surface area (Å²) < 4.78 is 10.7. The van der Waals surface area contributed by atoms with Crippen LogP contribution in [0.15, 0.2) is 24.3 Å². The van der Waals surface area contributed by atoms with Gasteiger partial charge < -0.3 is 14.9 Å². The lowest BCUT2D eigenvalue weighted by molar-refractivity contribution is -0.148. The zero-order valence-corrected chi connectivity index (χ0v) is 9.63. The molecule has 92 valence electrons. The third-order valence-corrected chi connectivity index (χ3v) is 2.79. The summed E-state index contributed by atoms with van der Waals surface area (Å²) in [7, 11) is -4.11. The fourth-order valence-corrected chi connectivity index (χ4v) is 1.95. The lowest BCUT2D eigenvalue weighted by Crippen LogP contribution is -2.14. The molecular formula is C10H11O6P.